The van der Waals surface area contributed by atoms with Crippen molar-refractivity contribution in [3.8, 4) is 22.3 Å². The molecular formula is C26H21NO. The molecule has 0 unspecified atom stereocenters. The molecule has 1 N–H and O–H groups in total. The van der Waals surface area contributed by atoms with Crippen molar-refractivity contribution in [3.63, 3.8) is 0 Å². The number of carbonyl (C=O) groups excluding carboxylic acids is 1. The minimum atomic E-state index is 0.0726. The van der Waals surface area contributed by atoms with E-state index in [0.29, 0.717) is 6.42 Å². The first-order valence-corrected chi connectivity index (χ1v) is 9.71. The van der Waals surface area contributed by atoms with Crippen LogP contribution in [0.15, 0.2) is 78.9 Å². The number of hydrogen-bond acceptors (Lipinski definition) is 1. The van der Waals surface area contributed by atoms with Gasteiger partial charge in [0.15, 0.2) is 0 Å². The second kappa shape index (κ2) is 6.65. The van der Waals surface area contributed by atoms with Crippen LogP contribution in [0.4, 0.5) is 5.69 Å². The summed E-state index contributed by atoms with van der Waals surface area (Å²) >= 11 is 0. The number of para-hydroxylation sites is 1. The van der Waals surface area contributed by atoms with Crippen LogP contribution in [0.25, 0.3) is 33.0 Å². The third-order valence-electron chi connectivity index (χ3n) is 5.53. The number of benzene rings is 4. The van der Waals surface area contributed by atoms with Gasteiger partial charge in [0.25, 0.3) is 0 Å². The molecule has 4 aromatic rings. The van der Waals surface area contributed by atoms with Crippen LogP contribution < -0.4 is 5.32 Å². The Balaban J connectivity index is 1.96. The molecule has 0 radical (unpaired) electrons. The molecule has 0 bridgehead atoms. The van der Waals surface area contributed by atoms with Crippen molar-refractivity contribution in [2.24, 2.45) is 0 Å². The quantitative estimate of drug-likeness (QED) is 0.418. The van der Waals surface area contributed by atoms with Gasteiger partial charge >= 0.3 is 0 Å². The average Bonchev–Trinajstić information content (AvgIpc) is 2.71. The minimum absolute atomic E-state index is 0.0726. The topological polar surface area (TPSA) is 29.1 Å². The van der Waals surface area contributed by atoms with E-state index in [2.05, 4.69) is 72.9 Å². The largest absolute Gasteiger partial charge is 0.326 e. The van der Waals surface area contributed by atoms with Crippen molar-refractivity contribution in [3.05, 3.63) is 90.0 Å². The van der Waals surface area contributed by atoms with E-state index in [1.54, 1.807) is 0 Å². The van der Waals surface area contributed by atoms with Crippen LogP contribution >= 0.6 is 0 Å². The van der Waals surface area contributed by atoms with Gasteiger partial charge in [0.05, 0.1) is 0 Å². The van der Waals surface area contributed by atoms with Gasteiger partial charge in [-0.3, -0.25) is 4.79 Å². The van der Waals surface area contributed by atoms with Crippen molar-refractivity contribution >= 4 is 22.4 Å². The Morgan fingerprint density at radius 1 is 0.786 bits per heavy atom. The number of amides is 1. The van der Waals surface area contributed by atoms with Gasteiger partial charge in [-0.25, -0.2) is 0 Å². The van der Waals surface area contributed by atoms with Gasteiger partial charge in [0.2, 0.25) is 5.91 Å². The number of hydrogen-bond donors (Lipinski definition) is 1. The van der Waals surface area contributed by atoms with Crippen LogP contribution in [0, 0.1) is 6.92 Å². The zero-order valence-electron chi connectivity index (χ0n) is 15.8. The van der Waals surface area contributed by atoms with E-state index in [4.69, 9.17) is 0 Å². The molecule has 0 saturated heterocycles. The van der Waals surface area contributed by atoms with Crippen LogP contribution in [0.3, 0.4) is 0 Å². The predicted molar refractivity (Wildman–Crippen MR) is 117 cm³/mol. The molecule has 28 heavy (non-hydrogen) atoms. The highest BCUT2D eigenvalue weighted by Crippen LogP contribution is 2.44. The van der Waals surface area contributed by atoms with Crippen LogP contribution in [0.1, 0.15) is 17.5 Å². The average molecular weight is 363 g/mol. The lowest BCUT2D eigenvalue weighted by Crippen LogP contribution is -2.16. The Bertz CT molecular complexity index is 1210. The maximum absolute atomic E-state index is 12.4. The predicted octanol–water partition coefficient (Wildman–Crippen LogP) is 6.37. The molecule has 0 saturated carbocycles. The van der Waals surface area contributed by atoms with Crippen molar-refractivity contribution in [1.82, 2.24) is 0 Å². The van der Waals surface area contributed by atoms with E-state index in [1.807, 2.05) is 18.2 Å². The third-order valence-corrected chi connectivity index (χ3v) is 5.53. The molecule has 2 nitrogen and oxygen atoms in total. The molecule has 4 aromatic carbocycles. The summed E-state index contributed by atoms with van der Waals surface area (Å²) in [7, 11) is 0. The Morgan fingerprint density at radius 2 is 1.57 bits per heavy atom. The van der Waals surface area contributed by atoms with E-state index in [-0.39, 0.29) is 5.91 Å². The molecule has 1 aliphatic heterocycles. The monoisotopic (exact) mass is 363 g/mol. The maximum atomic E-state index is 12.4. The normalized spacial score (nSPS) is 13.2. The number of anilines is 1. The Hall–Kier alpha value is -3.39. The SMILES string of the molecule is Cc1ccc2cc3c(c(-c4ccccc4)c2c1)-c1ccccc1NC(=O)CC3. The number of rotatable bonds is 1. The summed E-state index contributed by atoms with van der Waals surface area (Å²) in [5, 5.41) is 5.58. The molecule has 0 atom stereocenters. The van der Waals surface area contributed by atoms with Gasteiger partial charge in [0.1, 0.15) is 0 Å². The van der Waals surface area contributed by atoms with Gasteiger partial charge in [-0.15, -0.1) is 0 Å². The molecule has 2 heteroatoms. The lowest BCUT2D eigenvalue weighted by Gasteiger charge is -2.23. The summed E-state index contributed by atoms with van der Waals surface area (Å²) in [5.41, 5.74) is 8.15. The van der Waals surface area contributed by atoms with E-state index < -0.39 is 0 Å². The van der Waals surface area contributed by atoms with Gasteiger partial charge < -0.3 is 5.32 Å². The zero-order chi connectivity index (χ0) is 19.1. The first kappa shape index (κ1) is 16.8. The molecule has 136 valence electrons. The van der Waals surface area contributed by atoms with Crippen LogP contribution in [-0.4, -0.2) is 5.91 Å². The highest BCUT2D eigenvalue weighted by atomic mass is 16.1. The lowest BCUT2D eigenvalue weighted by atomic mass is 9.83. The first-order chi connectivity index (χ1) is 13.7. The summed E-state index contributed by atoms with van der Waals surface area (Å²) < 4.78 is 0. The lowest BCUT2D eigenvalue weighted by molar-refractivity contribution is -0.116. The number of fused-ring (bicyclic) bond motifs is 4. The summed E-state index contributed by atoms with van der Waals surface area (Å²) in [5.74, 6) is 0.0726. The Morgan fingerprint density at radius 3 is 2.43 bits per heavy atom. The summed E-state index contributed by atoms with van der Waals surface area (Å²) in [6, 6.07) is 27.6. The maximum Gasteiger partial charge on any atom is 0.224 e. The Labute approximate surface area is 164 Å². The van der Waals surface area contributed by atoms with E-state index >= 15 is 0 Å². The highest BCUT2D eigenvalue weighted by Gasteiger charge is 2.22. The van der Waals surface area contributed by atoms with Crippen LogP contribution in [0.5, 0.6) is 0 Å². The molecule has 0 aliphatic carbocycles. The van der Waals surface area contributed by atoms with E-state index in [0.717, 1.165) is 17.7 Å². The number of nitrogens with one attached hydrogen (secondary N) is 1. The molecular weight excluding hydrogens is 342 g/mol. The summed E-state index contributed by atoms with van der Waals surface area (Å²) in [4.78, 5) is 12.4. The highest BCUT2D eigenvalue weighted by molar-refractivity contribution is 6.09. The second-order valence-electron chi connectivity index (χ2n) is 7.47. The zero-order valence-corrected chi connectivity index (χ0v) is 15.8. The first-order valence-electron chi connectivity index (χ1n) is 9.71. The van der Waals surface area contributed by atoms with Crippen molar-refractivity contribution < 1.29 is 4.79 Å². The van der Waals surface area contributed by atoms with E-state index in [1.165, 1.54) is 38.6 Å². The molecule has 0 spiro atoms. The van der Waals surface area contributed by atoms with Crippen molar-refractivity contribution in [2.45, 2.75) is 19.8 Å². The smallest absolute Gasteiger partial charge is 0.224 e. The molecule has 1 amide bonds. The van der Waals surface area contributed by atoms with Gasteiger partial charge in [0, 0.05) is 17.7 Å². The van der Waals surface area contributed by atoms with Crippen molar-refractivity contribution in [2.75, 3.05) is 5.32 Å². The van der Waals surface area contributed by atoms with Crippen LogP contribution in [-0.2, 0) is 11.2 Å². The van der Waals surface area contributed by atoms with Gasteiger partial charge in [-0.1, -0.05) is 78.4 Å². The van der Waals surface area contributed by atoms with Crippen LogP contribution in [0.2, 0.25) is 0 Å². The standard InChI is InChI=1S/C26H21NO/c1-17-11-12-19-16-20-13-14-24(28)27-23-10-6-5-9-21(23)26(20)25(22(19)15-17)18-7-3-2-4-8-18/h2-12,15-16H,13-14H2,1H3,(H,27,28). The summed E-state index contributed by atoms with van der Waals surface area (Å²) in [6.07, 6.45) is 1.23. The molecule has 0 fully saturated rings. The molecule has 0 aromatic heterocycles. The fraction of sp³-hybridized carbons (Fsp3) is 0.115. The fourth-order valence-electron chi connectivity index (χ4n) is 4.25. The molecule has 1 aliphatic rings. The summed E-state index contributed by atoms with van der Waals surface area (Å²) in [6.45, 7) is 2.14. The third kappa shape index (κ3) is 2.78. The minimum Gasteiger partial charge on any atom is -0.326 e. The molecule has 5 rings (SSSR count). The van der Waals surface area contributed by atoms with E-state index in [9.17, 15) is 4.79 Å². The Kier molecular flexibility index (Phi) is 3.98. The second-order valence-corrected chi connectivity index (χ2v) is 7.47. The van der Waals surface area contributed by atoms with Gasteiger partial charge in [-0.2, -0.15) is 0 Å². The number of aryl methyl sites for hydroxylation is 2. The number of carbonyl (C=O) groups is 1. The van der Waals surface area contributed by atoms with Gasteiger partial charge in [-0.05, 0) is 52.4 Å². The molecule has 1 heterocycles. The fourth-order valence-corrected chi connectivity index (χ4v) is 4.25. The van der Waals surface area contributed by atoms with Crippen molar-refractivity contribution in [1.29, 1.82) is 0 Å².